The molecule has 0 heterocycles. The van der Waals surface area contributed by atoms with Gasteiger partial charge in [0.25, 0.3) is 0 Å². The Morgan fingerprint density at radius 1 is 1.11 bits per heavy atom. The van der Waals surface area contributed by atoms with Gasteiger partial charge in [0.05, 0.1) is 0 Å². The van der Waals surface area contributed by atoms with Crippen molar-refractivity contribution >= 4 is 23.2 Å². The summed E-state index contributed by atoms with van der Waals surface area (Å²) in [6.07, 6.45) is 0. The van der Waals surface area contributed by atoms with E-state index in [1.165, 1.54) is 6.07 Å². The van der Waals surface area contributed by atoms with E-state index in [2.05, 4.69) is 0 Å². The Hall–Kier alpha value is -1.29. The minimum Gasteiger partial charge on any atom is -0.486 e. The Labute approximate surface area is 120 Å². The van der Waals surface area contributed by atoms with Crippen molar-refractivity contribution in [2.75, 3.05) is 0 Å². The first-order chi connectivity index (χ1) is 9.11. The van der Waals surface area contributed by atoms with Crippen LogP contribution in [0.3, 0.4) is 0 Å². The number of ether oxygens (including phenoxy) is 1. The lowest BCUT2D eigenvalue weighted by atomic mass is 10.2. The van der Waals surface area contributed by atoms with Gasteiger partial charge < -0.3 is 10.5 Å². The van der Waals surface area contributed by atoms with E-state index in [4.69, 9.17) is 33.7 Å². The highest BCUT2D eigenvalue weighted by Crippen LogP contribution is 2.26. The van der Waals surface area contributed by atoms with Gasteiger partial charge in [-0.3, -0.25) is 0 Å². The van der Waals surface area contributed by atoms with Gasteiger partial charge in [-0.25, -0.2) is 4.39 Å². The van der Waals surface area contributed by atoms with Gasteiger partial charge in [-0.15, -0.1) is 0 Å². The predicted octanol–water partition coefficient (Wildman–Crippen LogP) is 4.17. The molecule has 5 heteroatoms. The molecule has 2 aromatic rings. The van der Waals surface area contributed by atoms with Crippen LogP contribution in [0.25, 0.3) is 0 Å². The molecular weight excluding hydrogens is 288 g/mol. The maximum Gasteiger partial charge on any atom is 0.165 e. The molecule has 0 fully saturated rings. The summed E-state index contributed by atoms with van der Waals surface area (Å²) >= 11 is 12.0. The van der Waals surface area contributed by atoms with Gasteiger partial charge in [-0.05, 0) is 29.8 Å². The van der Waals surface area contributed by atoms with Crippen LogP contribution in [0.2, 0.25) is 10.0 Å². The summed E-state index contributed by atoms with van der Waals surface area (Å²) in [5.41, 5.74) is 6.77. The molecule has 19 heavy (non-hydrogen) atoms. The van der Waals surface area contributed by atoms with Crippen LogP contribution in [0.5, 0.6) is 5.75 Å². The van der Waals surface area contributed by atoms with E-state index in [0.29, 0.717) is 21.2 Å². The van der Waals surface area contributed by atoms with Crippen LogP contribution in [0.15, 0.2) is 36.4 Å². The summed E-state index contributed by atoms with van der Waals surface area (Å²) in [7, 11) is 0. The highest BCUT2D eigenvalue weighted by molar-refractivity contribution is 6.35. The van der Waals surface area contributed by atoms with Crippen molar-refractivity contribution in [3.63, 3.8) is 0 Å². The molecule has 2 N–H and O–H groups in total. The fourth-order valence-corrected chi connectivity index (χ4v) is 2.12. The van der Waals surface area contributed by atoms with Crippen molar-refractivity contribution < 1.29 is 9.13 Å². The van der Waals surface area contributed by atoms with E-state index in [1.807, 2.05) is 0 Å². The molecule has 0 amide bonds. The topological polar surface area (TPSA) is 35.2 Å². The second kappa shape index (κ2) is 6.24. The monoisotopic (exact) mass is 299 g/mol. The molecule has 100 valence electrons. The van der Waals surface area contributed by atoms with Gasteiger partial charge >= 0.3 is 0 Å². The second-order valence-electron chi connectivity index (χ2n) is 3.96. The van der Waals surface area contributed by atoms with E-state index in [1.54, 1.807) is 30.3 Å². The molecule has 0 saturated carbocycles. The summed E-state index contributed by atoms with van der Waals surface area (Å²) in [4.78, 5) is 0. The quantitative estimate of drug-likeness (QED) is 0.919. The van der Waals surface area contributed by atoms with E-state index < -0.39 is 5.82 Å². The van der Waals surface area contributed by atoms with E-state index >= 15 is 0 Å². The van der Waals surface area contributed by atoms with Gasteiger partial charge in [0.1, 0.15) is 6.61 Å². The smallest absolute Gasteiger partial charge is 0.165 e. The van der Waals surface area contributed by atoms with Crippen molar-refractivity contribution in [1.29, 1.82) is 0 Å². The third-order valence-corrected chi connectivity index (χ3v) is 3.37. The van der Waals surface area contributed by atoms with Crippen LogP contribution in [-0.2, 0) is 13.2 Å². The molecule has 0 bridgehead atoms. The predicted molar refractivity (Wildman–Crippen MR) is 75.1 cm³/mol. The lowest BCUT2D eigenvalue weighted by Gasteiger charge is -2.10. The molecule has 0 aliphatic heterocycles. The number of halogens is 3. The van der Waals surface area contributed by atoms with Crippen LogP contribution in [0.4, 0.5) is 4.39 Å². The lowest BCUT2D eigenvalue weighted by Crippen LogP contribution is -2.01. The van der Waals surface area contributed by atoms with Crippen molar-refractivity contribution in [1.82, 2.24) is 0 Å². The van der Waals surface area contributed by atoms with Crippen molar-refractivity contribution in [2.45, 2.75) is 13.2 Å². The summed E-state index contributed by atoms with van der Waals surface area (Å²) < 4.78 is 19.1. The number of hydrogen-bond acceptors (Lipinski definition) is 2. The number of benzene rings is 2. The third kappa shape index (κ3) is 3.38. The molecule has 0 aromatic heterocycles. The number of rotatable bonds is 4. The minimum absolute atomic E-state index is 0.109. The van der Waals surface area contributed by atoms with E-state index in [9.17, 15) is 4.39 Å². The number of hydrogen-bond donors (Lipinski definition) is 1. The summed E-state index contributed by atoms with van der Waals surface area (Å²) in [5, 5.41) is 0.984. The van der Waals surface area contributed by atoms with Gasteiger partial charge in [-0.2, -0.15) is 0 Å². The second-order valence-corrected chi connectivity index (χ2v) is 4.77. The molecule has 0 radical (unpaired) electrons. The maximum absolute atomic E-state index is 13.7. The lowest BCUT2D eigenvalue weighted by molar-refractivity contribution is 0.290. The van der Waals surface area contributed by atoms with Crippen LogP contribution in [0, 0.1) is 5.82 Å². The molecule has 0 unspecified atom stereocenters. The van der Waals surface area contributed by atoms with Crippen LogP contribution in [0.1, 0.15) is 11.1 Å². The van der Waals surface area contributed by atoms with Crippen molar-refractivity contribution in [3.8, 4) is 5.75 Å². The zero-order chi connectivity index (χ0) is 13.8. The molecule has 0 aliphatic carbocycles. The zero-order valence-electron chi connectivity index (χ0n) is 10.00. The van der Waals surface area contributed by atoms with Gasteiger partial charge in [-0.1, -0.05) is 35.3 Å². The first kappa shape index (κ1) is 14.1. The Kier molecular flexibility index (Phi) is 4.64. The Morgan fingerprint density at radius 2 is 1.79 bits per heavy atom. The van der Waals surface area contributed by atoms with Crippen LogP contribution in [-0.4, -0.2) is 0 Å². The largest absolute Gasteiger partial charge is 0.486 e. The van der Waals surface area contributed by atoms with Crippen LogP contribution >= 0.6 is 23.2 Å². The molecule has 2 nitrogen and oxygen atoms in total. The SMILES string of the molecule is NCc1ccc(OCc2c(Cl)cccc2Cl)c(F)c1. The standard InChI is InChI=1S/C14H12Cl2FNO/c15-11-2-1-3-12(16)10(11)8-19-14-5-4-9(7-18)6-13(14)17/h1-6H,7-8,18H2. The normalized spacial score (nSPS) is 10.5. The first-order valence-corrected chi connectivity index (χ1v) is 6.41. The third-order valence-electron chi connectivity index (χ3n) is 2.67. The van der Waals surface area contributed by atoms with E-state index in [-0.39, 0.29) is 18.9 Å². The molecule has 0 atom stereocenters. The Balaban J connectivity index is 2.15. The van der Waals surface area contributed by atoms with E-state index in [0.717, 1.165) is 0 Å². The maximum atomic E-state index is 13.7. The highest BCUT2D eigenvalue weighted by Gasteiger charge is 2.09. The molecule has 2 rings (SSSR count). The molecular formula is C14H12Cl2FNO. The summed E-state index contributed by atoms with van der Waals surface area (Å²) in [6.45, 7) is 0.394. The van der Waals surface area contributed by atoms with Gasteiger partial charge in [0.15, 0.2) is 11.6 Å². The van der Waals surface area contributed by atoms with Crippen molar-refractivity contribution in [2.24, 2.45) is 5.73 Å². The number of nitrogens with two attached hydrogens (primary N) is 1. The molecule has 2 aromatic carbocycles. The first-order valence-electron chi connectivity index (χ1n) is 5.66. The summed E-state index contributed by atoms with van der Waals surface area (Å²) in [5.74, 6) is -0.306. The average molecular weight is 300 g/mol. The molecule has 0 aliphatic rings. The Bertz CT molecular complexity index is 569. The summed E-state index contributed by atoms with van der Waals surface area (Å²) in [6, 6.07) is 9.77. The minimum atomic E-state index is -0.453. The average Bonchev–Trinajstić information content (AvgIpc) is 2.39. The molecule has 0 saturated heterocycles. The highest BCUT2D eigenvalue weighted by atomic mass is 35.5. The fraction of sp³-hybridized carbons (Fsp3) is 0.143. The van der Waals surface area contributed by atoms with Crippen molar-refractivity contribution in [3.05, 3.63) is 63.4 Å². The van der Waals surface area contributed by atoms with Crippen LogP contribution < -0.4 is 10.5 Å². The zero-order valence-corrected chi connectivity index (χ0v) is 11.5. The Morgan fingerprint density at radius 3 is 2.37 bits per heavy atom. The fourth-order valence-electron chi connectivity index (χ4n) is 1.61. The van der Waals surface area contributed by atoms with Gasteiger partial charge in [0.2, 0.25) is 0 Å². The van der Waals surface area contributed by atoms with Gasteiger partial charge in [0, 0.05) is 22.2 Å². The molecule has 0 spiro atoms.